The van der Waals surface area contributed by atoms with Crippen LogP contribution in [0.2, 0.25) is 0 Å². The predicted octanol–water partition coefficient (Wildman–Crippen LogP) is 3.41. The number of aromatic nitrogens is 1. The largest absolute Gasteiger partial charge is 0.396 e. The fraction of sp³-hybridized carbons (Fsp3) is 0.769. The van der Waals surface area contributed by atoms with Crippen molar-refractivity contribution in [2.45, 2.75) is 39.0 Å². The van der Waals surface area contributed by atoms with Crippen molar-refractivity contribution in [3.05, 3.63) is 9.48 Å². The third kappa shape index (κ3) is 3.06. The maximum Gasteiger partial charge on any atom is 0.186 e. The number of anilines is 1. The zero-order valence-electron chi connectivity index (χ0n) is 11.2. The molecule has 1 atom stereocenters. The number of piperidine rings is 1. The minimum atomic E-state index is 0.0692. The number of hydrogen-bond acceptors (Lipinski definition) is 4. The van der Waals surface area contributed by atoms with Gasteiger partial charge in [-0.1, -0.05) is 32.1 Å². The molecule has 1 aromatic heterocycles. The van der Waals surface area contributed by atoms with Gasteiger partial charge in [0, 0.05) is 25.1 Å². The van der Waals surface area contributed by atoms with E-state index in [2.05, 4.69) is 41.6 Å². The number of nitrogens with zero attached hydrogens (tertiary/aromatic N) is 2. The summed E-state index contributed by atoms with van der Waals surface area (Å²) >= 11 is 5.34. The maximum atomic E-state index is 9.29. The normalized spacial score (nSPS) is 21.4. The molecule has 0 bridgehead atoms. The molecular weight excluding hydrogens is 312 g/mol. The van der Waals surface area contributed by atoms with Crippen molar-refractivity contribution in [3.8, 4) is 0 Å². The van der Waals surface area contributed by atoms with Crippen molar-refractivity contribution >= 4 is 32.4 Å². The number of hydrogen-bond donors (Lipinski definition) is 1. The highest BCUT2D eigenvalue weighted by atomic mass is 79.9. The molecule has 5 heteroatoms. The van der Waals surface area contributed by atoms with Gasteiger partial charge in [0.25, 0.3) is 0 Å². The molecule has 1 aromatic rings. The Kier molecular flexibility index (Phi) is 4.34. The van der Waals surface area contributed by atoms with Gasteiger partial charge in [0.1, 0.15) is 0 Å². The SMILES string of the molecule is CC(C)(C)c1nc(N2CCCC(CO)C2)sc1Br. The lowest BCUT2D eigenvalue weighted by molar-refractivity contribution is 0.208. The van der Waals surface area contributed by atoms with Crippen molar-refractivity contribution in [3.63, 3.8) is 0 Å². The molecule has 2 rings (SSSR count). The van der Waals surface area contributed by atoms with Gasteiger partial charge >= 0.3 is 0 Å². The molecule has 1 fully saturated rings. The molecule has 1 saturated heterocycles. The standard InChI is InChI=1S/C13H21BrN2OS/c1-13(2,3)10-11(14)18-12(15-10)16-6-4-5-9(7-16)8-17/h9,17H,4-8H2,1-3H3. The summed E-state index contributed by atoms with van der Waals surface area (Å²) < 4.78 is 1.14. The average molecular weight is 333 g/mol. The van der Waals surface area contributed by atoms with Gasteiger partial charge in [0.05, 0.1) is 9.48 Å². The summed E-state index contributed by atoms with van der Waals surface area (Å²) in [5, 5.41) is 10.4. The Hall–Kier alpha value is -0.130. The van der Waals surface area contributed by atoms with Gasteiger partial charge in [-0.2, -0.15) is 0 Å². The molecule has 102 valence electrons. The van der Waals surface area contributed by atoms with Crippen LogP contribution in [0, 0.1) is 5.92 Å². The van der Waals surface area contributed by atoms with Gasteiger partial charge < -0.3 is 10.0 Å². The fourth-order valence-electron chi connectivity index (χ4n) is 2.28. The van der Waals surface area contributed by atoms with Crippen molar-refractivity contribution in [2.75, 3.05) is 24.6 Å². The molecule has 1 unspecified atom stereocenters. The van der Waals surface area contributed by atoms with Gasteiger partial charge in [0.2, 0.25) is 0 Å². The summed E-state index contributed by atoms with van der Waals surface area (Å²) in [5.41, 5.74) is 1.20. The Bertz CT molecular complexity index is 414. The average Bonchev–Trinajstić information content (AvgIpc) is 2.71. The van der Waals surface area contributed by atoms with Crippen molar-refractivity contribution < 1.29 is 5.11 Å². The molecule has 0 spiro atoms. The van der Waals surface area contributed by atoms with E-state index in [1.807, 2.05) is 0 Å². The lowest BCUT2D eigenvalue weighted by Gasteiger charge is -2.31. The van der Waals surface area contributed by atoms with E-state index in [4.69, 9.17) is 4.98 Å². The molecule has 3 nitrogen and oxygen atoms in total. The predicted molar refractivity (Wildman–Crippen MR) is 80.5 cm³/mol. The first kappa shape index (κ1) is 14.3. The summed E-state index contributed by atoms with van der Waals surface area (Å²) in [7, 11) is 0. The Balaban J connectivity index is 2.19. The number of aliphatic hydroxyl groups excluding tert-OH is 1. The van der Waals surface area contributed by atoms with Crippen molar-refractivity contribution in [2.24, 2.45) is 5.92 Å². The summed E-state index contributed by atoms with van der Waals surface area (Å²) in [4.78, 5) is 7.10. The second-order valence-electron chi connectivity index (χ2n) is 6.01. The molecule has 0 radical (unpaired) electrons. The van der Waals surface area contributed by atoms with Crippen LogP contribution in [0.3, 0.4) is 0 Å². The van der Waals surface area contributed by atoms with Crippen LogP contribution in [0.15, 0.2) is 3.79 Å². The van der Waals surface area contributed by atoms with E-state index in [1.165, 1.54) is 0 Å². The topological polar surface area (TPSA) is 36.4 Å². The summed E-state index contributed by atoms with van der Waals surface area (Å²) in [6.07, 6.45) is 2.28. The maximum absolute atomic E-state index is 9.29. The van der Waals surface area contributed by atoms with Crippen LogP contribution in [0.4, 0.5) is 5.13 Å². The van der Waals surface area contributed by atoms with E-state index in [0.717, 1.165) is 40.5 Å². The molecule has 1 N–H and O–H groups in total. The Morgan fingerprint density at radius 3 is 2.78 bits per heavy atom. The zero-order chi connectivity index (χ0) is 13.3. The Morgan fingerprint density at radius 2 is 2.22 bits per heavy atom. The minimum absolute atomic E-state index is 0.0692. The first-order valence-electron chi connectivity index (χ1n) is 6.44. The quantitative estimate of drug-likeness (QED) is 0.901. The van der Waals surface area contributed by atoms with Gasteiger partial charge in [-0.05, 0) is 34.7 Å². The molecule has 0 saturated carbocycles. The smallest absolute Gasteiger partial charge is 0.186 e. The summed E-state index contributed by atoms with van der Waals surface area (Å²) in [6.45, 7) is 8.82. The van der Waals surface area contributed by atoms with E-state index in [-0.39, 0.29) is 12.0 Å². The third-order valence-corrected chi connectivity index (χ3v) is 5.10. The lowest BCUT2D eigenvalue weighted by Crippen LogP contribution is -2.36. The molecule has 1 aliphatic rings. The third-order valence-electron chi connectivity index (χ3n) is 3.33. The van der Waals surface area contributed by atoms with Crippen LogP contribution < -0.4 is 4.90 Å². The van der Waals surface area contributed by atoms with Gasteiger partial charge in [-0.3, -0.25) is 0 Å². The Morgan fingerprint density at radius 1 is 1.50 bits per heavy atom. The molecule has 0 amide bonds. The van der Waals surface area contributed by atoms with Crippen LogP contribution >= 0.6 is 27.3 Å². The number of halogens is 1. The van der Waals surface area contributed by atoms with Crippen LogP contribution in [0.1, 0.15) is 39.3 Å². The van der Waals surface area contributed by atoms with Gasteiger partial charge in [-0.25, -0.2) is 4.98 Å². The van der Waals surface area contributed by atoms with Crippen molar-refractivity contribution in [1.29, 1.82) is 0 Å². The van der Waals surface area contributed by atoms with E-state index >= 15 is 0 Å². The summed E-state index contributed by atoms with van der Waals surface area (Å²) in [5.74, 6) is 0.402. The van der Waals surface area contributed by atoms with Gasteiger partial charge in [-0.15, -0.1) is 0 Å². The minimum Gasteiger partial charge on any atom is -0.396 e. The van der Waals surface area contributed by atoms with Crippen LogP contribution in [-0.2, 0) is 5.41 Å². The highest BCUT2D eigenvalue weighted by molar-refractivity contribution is 9.11. The lowest BCUT2D eigenvalue weighted by atomic mass is 9.93. The first-order chi connectivity index (χ1) is 8.41. The van der Waals surface area contributed by atoms with E-state index in [1.54, 1.807) is 11.3 Å². The van der Waals surface area contributed by atoms with E-state index in [9.17, 15) is 5.11 Å². The highest BCUT2D eigenvalue weighted by Gasteiger charge is 2.26. The molecule has 18 heavy (non-hydrogen) atoms. The fourth-order valence-corrected chi connectivity index (χ4v) is 4.43. The second kappa shape index (κ2) is 5.47. The Labute approximate surface area is 121 Å². The van der Waals surface area contributed by atoms with Crippen LogP contribution in [0.5, 0.6) is 0 Å². The van der Waals surface area contributed by atoms with Crippen LogP contribution in [0.25, 0.3) is 0 Å². The van der Waals surface area contributed by atoms with E-state index in [0.29, 0.717) is 5.92 Å². The molecule has 1 aliphatic heterocycles. The van der Waals surface area contributed by atoms with Crippen molar-refractivity contribution in [1.82, 2.24) is 4.98 Å². The molecule has 0 aromatic carbocycles. The van der Waals surface area contributed by atoms with Gasteiger partial charge in [0.15, 0.2) is 5.13 Å². The molecule has 0 aliphatic carbocycles. The summed E-state index contributed by atoms with van der Waals surface area (Å²) in [6, 6.07) is 0. The number of thiazole rings is 1. The zero-order valence-corrected chi connectivity index (χ0v) is 13.6. The van der Waals surface area contributed by atoms with Crippen LogP contribution in [-0.4, -0.2) is 29.8 Å². The molecule has 2 heterocycles. The highest BCUT2D eigenvalue weighted by Crippen LogP contribution is 2.38. The van der Waals surface area contributed by atoms with E-state index < -0.39 is 0 Å². The second-order valence-corrected chi connectivity index (χ2v) is 8.30. The number of aliphatic hydroxyl groups is 1. The monoisotopic (exact) mass is 332 g/mol. The molecular formula is C13H21BrN2OS. The first-order valence-corrected chi connectivity index (χ1v) is 8.05. The number of rotatable bonds is 2.